The van der Waals surface area contributed by atoms with E-state index in [-0.39, 0.29) is 32.5 Å². The number of ether oxygens (including phenoxy) is 3. The molecule has 11 atom stereocenters. The Labute approximate surface area is 358 Å². The molecule has 4 fully saturated rings. The van der Waals surface area contributed by atoms with Gasteiger partial charge in [0.2, 0.25) is 17.2 Å². The Morgan fingerprint density at radius 1 is 0.817 bits per heavy atom. The second-order valence-electron chi connectivity index (χ2n) is 14.6. The summed E-state index contributed by atoms with van der Waals surface area (Å²) in [7, 11) is 0. The zero-order valence-electron chi connectivity index (χ0n) is 30.7. The molecule has 2 amide bonds. The second kappa shape index (κ2) is 17.9. The Morgan fingerprint density at radius 2 is 1.30 bits per heavy atom. The highest BCUT2D eigenvalue weighted by Crippen LogP contribution is 2.68. The van der Waals surface area contributed by atoms with Crippen molar-refractivity contribution in [2.24, 2.45) is 46.6 Å². The summed E-state index contributed by atoms with van der Waals surface area (Å²) >= 11 is 23.5. The highest BCUT2D eigenvalue weighted by Gasteiger charge is 2.85. The fraction of sp³-hybridized carbons (Fsp3) is 0.472. The SMILES string of the molecule is N#C[C@@]1(N)[C@H]2[C@@H](C[C@H]1OCc1ccc(Cl)c(Cl)c1)[C@]2(F)C(N)=O.NC(=O)[C@@]1(N)[C@H]2[C@@H](C[C@H]1OCc1ccc(Cl)c(Cl)c1)[C@]2(F)C(=O)O.O=COCC(O)(CC(=O)O)C(=O)O. The van der Waals surface area contributed by atoms with Crippen LogP contribution in [-0.4, -0.2) is 103 Å². The summed E-state index contributed by atoms with van der Waals surface area (Å²) in [5.74, 6) is -10.6. The van der Waals surface area contributed by atoms with Gasteiger partial charge in [-0.2, -0.15) is 5.26 Å². The molecule has 0 bridgehead atoms. The molecule has 6 rings (SSSR count). The number of nitriles is 1. The number of halogens is 6. The summed E-state index contributed by atoms with van der Waals surface area (Å²) in [5, 5.41) is 45.7. The fourth-order valence-corrected chi connectivity index (χ4v) is 8.47. The lowest BCUT2D eigenvalue weighted by Gasteiger charge is -2.32. The molecule has 2 aromatic rings. The summed E-state index contributed by atoms with van der Waals surface area (Å²) in [6, 6.07) is 11.8. The van der Waals surface area contributed by atoms with Crippen LogP contribution in [0.5, 0.6) is 0 Å². The maximum Gasteiger partial charge on any atom is 0.342 e. The van der Waals surface area contributed by atoms with Gasteiger partial charge >= 0.3 is 17.9 Å². The van der Waals surface area contributed by atoms with E-state index in [0.717, 1.165) is 5.56 Å². The molecule has 326 valence electrons. The van der Waals surface area contributed by atoms with E-state index in [1.807, 2.05) is 6.07 Å². The van der Waals surface area contributed by atoms with Crippen molar-refractivity contribution in [3.05, 3.63) is 67.6 Å². The van der Waals surface area contributed by atoms with Crippen molar-refractivity contribution in [1.29, 1.82) is 5.26 Å². The predicted octanol–water partition coefficient (Wildman–Crippen LogP) is 1.90. The Bertz CT molecular complexity index is 2120. The van der Waals surface area contributed by atoms with E-state index in [1.54, 1.807) is 36.4 Å². The smallest absolute Gasteiger partial charge is 0.342 e. The Kier molecular flexibility index (Phi) is 14.4. The van der Waals surface area contributed by atoms with Crippen molar-refractivity contribution >= 4 is 82.6 Å². The van der Waals surface area contributed by atoms with Crippen molar-refractivity contribution in [3.8, 4) is 6.07 Å². The Morgan fingerprint density at radius 3 is 1.70 bits per heavy atom. The van der Waals surface area contributed by atoms with Crippen LogP contribution in [-0.2, 0) is 56.2 Å². The second-order valence-corrected chi connectivity index (χ2v) is 16.2. The van der Waals surface area contributed by atoms with Crippen molar-refractivity contribution in [1.82, 2.24) is 0 Å². The largest absolute Gasteiger partial charge is 0.481 e. The van der Waals surface area contributed by atoms with Crippen LogP contribution < -0.4 is 22.9 Å². The third-order valence-electron chi connectivity index (χ3n) is 11.0. The van der Waals surface area contributed by atoms with Gasteiger partial charge in [-0.15, -0.1) is 0 Å². The quantitative estimate of drug-likeness (QED) is 0.118. The first-order valence-corrected chi connectivity index (χ1v) is 18.9. The van der Waals surface area contributed by atoms with Gasteiger partial charge in [-0.1, -0.05) is 58.5 Å². The molecule has 1 unspecified atom stereocenters. The maximum absolute atomic E-state index is 14.5. The number of primary amides is 2. The molecule has 4 saturated carbocycles. The lowest BCUT2D eigenvalue weighted by atomic mass is 9.87. The molecular weight excluding hydrogens is 890 g/mol. The van der Waals surface area contributed by atoms with Crippen LogP contribution in [0.1, 0.15) is 30.4 Å². The molecule has 2 aromatic carbocycles. The van der Waals surface area contributed by atoms with E-state index in [4.69, 9.17) is 99.2 Å². The van der Waals surface area contributed by atoms with E-state index >= 15 is 0 Å². The minimum absolute atomic E-state index is 0.00816. The fourth-order valence-electron chi connectivity index (χ4n) is 7.83. The number of hydrogen-bond acceptors (Lipinski definition) is 13. The number of aliphatic hydroxyl groups is 1. The number of carbonyl (C=O) groups is 6. The normalized spacial score (nSPS) is 32.5. The van der Waals surface area contributed by atoms with Crippen LogP contribution in [0, 0.1) is 35.0 Å². The van der Waals surface area contributed by atoms with Gasteiger partial charge in [-0.3, -0.25) is 19.2 Å². The van der Waals surface area contributed by atoms with E-state index in [1.165, 1.54) is 0 Å². The summed E-state index contributed by atoms with van der Waals surface area (Å²) in [6.45, 7) is -0.759. The number of hydrogen-bond donors (Lipinski definition) is 8. The van der Waals surface area contributed by atoms with E-state index in [9.17, 15) is 42.8 Å². The molecule has 12 N–H and O–H groups in total. The molecule has 18 nitrogen and oxygen atoms in total. The van der Waals surface area contributed by atoms with Crippen molar-refractivity contribution in [3.63, 3.8) is 0 Å². The van der Waals surface area contributed by atoms with Gasteiger partial charge in [0.15, 0.2) is 5.67 Å². The molecule has 4 aliphatic carbocycles. The van der Waals surface area contributed by atoms with Gasteiger partial charge in [0.1, 0.15) is 17.7 Å². The summed E-state index contributed by atoms with van der Waals surface area (Å²) in [6.07, 6.45) is -2.40. The van der Waals surface area contributed by atoms with Crippen molar-refractivity contribution < 1.29 is 72.2 Å². The van der Waals surface area contributed by atoms with Crippen molar-refractivity contribution in [2.75, 3.05) is 6.61 Å². The number of fused-ring (bicyclic) bond motifs is 2. The minimum atomic E-state index is -2.56. The molecule has 4 aliphatic rings. The predicted molar refractivity (Wildman–Crippen MR) is 203 cm³/mol. The maximum atomic E-state index is 14.5. The Hall–Kier alpha value is -4.43. The number of alkyl halides is 2. The summed E-state index contributed by atoms with van der Waals surface area (Å²) in [5.41, 5.74) is 13.2. The number of amides is 2. The van der Waals surface area contributed by atoms with Gasteiger partial charge in [0, 0.05) is 23.7 Å². The molecule has 0 saturated heterocycles. The number of aliphatic carboxylic acids is 3. The zero-order valence-corrected chi connectivity index (χ0v) is 33.8. The number of nitrogens with two attached hydrogens (primary N) is 4. The average Bonchev–Trinajstić information content (AvgIpc) is 3.88. The summed E-state index contributed by atoms with van der Waals surface area (Å²) < 4.78 is 44.2. The molecule has 0 heterocycles. The lowest BCUT2D eigenvalue weighted by Crippen LogP contribution is -2.63. The standard InChI is InChI=1S/C15H14Cl2FN3O2.C15H15Cl2FN2O4.C6H8O7/c16-9-2-1-7(3-10(9)17)5-23-11-4-8-12(14(11,21)6-19)15(8,18)13(20)22;16-8-2-1-6(3-9(8)17)5-24-10-4-7-11(14(7,18)13(22)23)15(10,20)12(19)21;7-3-13-2-6(12,5(10)11)1-4(8)9/h1-3,8,11-12H,4-5,21H2,(H2,20,22);1-3,7,10-11H,4-5,20H2,(H2,19,21)(H,22,23);3,12H,1-2H2,(H,8,9)(H,10,11)/t8-,11-,12-,14+,15-;7-,10-,11+,14-,15+;/m11./s1. The number of rotatable bonds is 15. The van der Waals surface area contributed by atoms with Crippen molar-refractivity contribution in [2.45, 2.75) is 72.7 Å². The first-order valence-electron chi connectivity index (χ1n) is 17.3. The summed E-state index contributed by atoms with van der Waals surface area (Å²) in [4.78, 5) is 64.3. The monoisotopic (exact) mass is 925 g/mol. The molecule has 0 spiro atoms. The van der Waals surface area contributed by atoms with Gasteiger partial charge in [0.05, 0.1) is 58.0 Å². The van der Waals surface area contributed by atoms with Crippen LogP contribution >= 0.6 is 46.4 Å². The highest BCUT2D eigenvalue weighted by atomic mass is 35.5. The van der Waals surface area contributed by atoms with Gasteiger partial charge < -0.3 is 57.6 Å². The third-order valence-corrected chi connectivity index (χ3v) is 12.5. The van der Waals surface area contributed by atoms with E-state index in [0.29, 0.717) is 25.7 Å². The van der Waals surface area contributed by atoms with E-state index < -0.39 is 107 Å². The zero-order chi connectivity index (χ0) is 45.3. The van der Waals surface area contributed by atoms with Crippen LogP contribution in [0.25, 0.3) is 0 Å². The number of nitrogens with zero attached hydrogens (tertiary/aromatic N) is 1. The molecule has 0 aliphatic heterocycles. The minimum Gasteiger partial charge on any atom is -0.481 e. The number of benzene rings is 2. The molecule has 0 radical (unpaired) electrons. The van der Waals surface area contributed by atoms with Crippen LogP contribution in [0.4, 0.5) is 8.78 Å². The number of carbonyl (C=O) groups excluding carboxylic acids is 3. The molecule has 0 aromatic heterocycles. The van der Waals surface area contributed by atoms with E-state index in [2.05, 4.69) is 4.74 Å². The van der Waals surface area contributed by atoms with Crippen LogP contribution in [0.3, 0.4) is 0 Å². The first-order chi connectivity index (χ1) is 27.8. The molecular formula is C36H37Cl4F2N5O13. The van der Waals surface area contributed by atoms with Gasteiger partial charge in [-0.25, -0.2) is 18.4 Å². The number of carboxylic acids is 3. The lowest BCUT2D eigenvalue weighted by molar-refractivity contribution is -0.172. The molecule has 60 heavy (non-hydrogen) atoms. The van der Waals surface area contributed by atoms with Crippen LogP contribution in [0.2, 0.25) is 20.1 Å². The van der Waals surface area contributed by atoms with Crippen LogP contribution in [0.15, 0.2) is 36.4 Å². The third kappa shape index (κ3) is 8.96. The highest BCUT2D eigenvalue weighted by molar-refractivity contribution is 6.42. The van der Waals surface area contributed by atoms with Gasteiger partial charge in [-0.05, 0) is 48.2 Å². The molecule has 24 heteroatoms. The number of carboxylic acid groups (broad SMARTS) is 3. The average molecular weight is 928 g/mol. The first kappa shape index (κ1) is 48.2. The van der Waals surface area contributed by atoms with Gasteiger partial charge in [0.25, 0.3) is 12.4 Å². The Balaban J connectivity index is 0.000000208. The topological polar surface area (TPSA) is 339 Å².